The summed E-state index contributed by atoms with van der Waals surface area (Å²) in [4.78, 5) is 37.6. The van der Waals surface area contributed by atoms with Gasteiger partial charge in [-0.05, 0) is 54.8 Å². The van der Waals surface area contributed by atoms with Crippen LogP contribution in [-0.4, -0.2) is 52.4 Å². The highest BCUT2D eigenvalue weighted by Crippen LogP contribution is 2.28. The summed E-state index contributed by atoms with van der Waals surface area (Å²) in [5.41, 5.74) is 4.79. The number of anilines is 2. The molecule has 1 N–H and O–H groups in total. The van der Waals surface area contributed by atoms with E-state index in [0.717, 1.165) is 28.9 Å². The Morgan fingerprint density at radius 1 is 1.12 bits per heavy atom. The Morgan fingerprint density at radius 3 is 2.78 bits per heavy atom. The van der Waals surface area contributed by atoms with Crippen molar-refractivity contribution in [2.24, 2.45) is 0 Å². The number of aromatic nitrogens is 2. The van der Waals surface area contributed by atoms with E-state index >= 15 is 0 Å². The normalized spacial score (nSPS) is 15.9. The minimum absolute atomic E-state index is 0.00166. The molecule has 7 nitrogen and oxygen atoms in total. The maximum atomic E-state index is 13.0. The van der Waals surface area contributed by atoms with E-state index in [1.165, 1.54) is 0 Å². The first-order valence-electron chi connectivity index (χ1n) is 10.5. The van der Waals surface area contributed by atoms with Crippen LogP contribution >= 0.6 is 11.6 Å². The van der Waals surface area contributed by atoms with Crippen molar-refractivity contribution in [3.8, 4) is 0 Å². The summed E-state index contributed by atoms with van der Waals surface area (Å²) in [6.45, 7) is 3.70. The molecule has 2 aromatic heterocycles. The minimum Gasteiger partial charge on any atom is -0.377 e. The molecule has 2 amide bonds. The third-order valence-corrected chi connectivity index (χ3v) is 6.23. The van der Waals surface area contributed by atoms with E-state index in [2.05, 4.69) is 15.3 Å². The molecule has 0 aliphatic carbocycles. The molecule has 2 aliphatic rings. The molecule has 0 unspecified atom stereocenters. The zero-order chi connectivity index (χ0) is 22.2. The van der Waals surface area contributed by atoms with Crippen LogP contribution in [0.2, 0.25) is 5.02 Å². The van der Waals surface area contributed by atoms with Crippen molar-refractivity contribution in [2.45, 2.75) is 19.4 Å². The van der Waals surface area contributed by atoms with Crippen LogP contribution in [0.4, 0.5) is 11.4 Å². The summed E-state index contributed by atoms with van der Waals surface area (Å²) >= 11 is 6.07. The van der Waals surface area contributed by atoms with Crippen LogP contribution in [0.5, 0.6) is 0 Å². The number of aryl methyl sites for hydroxylation is 1. The van der Waals surface area contributed by atoms with Crippen LogP contribution in [-0.2, 0) is 6.42 Å². The van der Waals surface area contributed by atoms with Gasteiger partial charge in [-0.3, -0.25) is 19.6 Å². The van der Waals surface area contributed by atoms with E-state index in [0.29, 0.717) is 35.8 Å². The third-order valence-electron chi connectivity index (χ3n) is 5.99. The van der Waals surface area contributed by atoms with Gasteiger partial charge in [-0.1, -0.05) is 11.6 Å². The molecule has 0 bridgehead atoms. The van der Waals surface area contributed by atoms with Crippen LogP contribution in [0.15, 0.2) is 55.1 Å². The molecule has 0 radical (unpaired) electrons. The van der Waals surface area contributed by atoms with Crippen molar-refractivity contribution in [3.05, 3.63) is 82.4 Å². The Morgan fingerprint density at radius 2 is 1.97 bits per heavy atom. The lowest BCUT2D eigenvalue weighted by Crippen LogP contribution is -2.57. The fraction of sp³-hybridized carbons (Fsp3) is 0.250. The average Bonchev–Trinajstić information content (AvgIpc) is 2.76. The molecule has 0 spiro atoms. The monoisotopic (exact) mass is 447 g/mol. The van der Waals surface area contributed by atoms with Gasteiger partial charge in [0.05, 0.1) is 35.4 Å². The number of nitrogens with zero attached hydrogens (tertiary/aromatic N) is 4. The number of halogens is 1. The second kappa shape index (κ2) is 8.24. The van der Waals surface area contributed by atoms with Gasteiger partial charge in [0.1, 0.15) is 0 Å². The molecule has 8 heteroatoms. The number of fused-ring (bicyclic) bond motifs is 1. The first-order chi connectivity index (χ1) is 15.5. The molecule has 1 aromatic carbocycles. The number of benzene rings is 1. The van der Waals surface area contributed by atoms with Crippen LogP contribution < -0.4 is 10.2 Å². The van der Waals surface area contributed by atoms with Crippen molar-refractivity contribution in [1.82, 2.24) is 14.9 Å². The van der Waals surface area contributed by atoms with E-state index in [-0.39, 0.29) is 17.9 Å². The van der Waals surface area contributed by atoms with Crippen LogP contribution in [0, 0.1) is 6.92 Å². The average molecular weight is 448 g/mol. The Hall–Kier alpha value is -3.45. The molecule has 1 fully saturated rings. The summed E-state index contributed by atoms with van der Waals surface area (Å²) < 4.78 is 0. The lowest BCUT2D eigenvalue weighted by Gasteiger charge is -2.40. The van der Waals surface area contributed by atoms with Crippen LogP contribution in [0.3, 0.4) is 0 Å². The van der Waals surface area contributed by atoms with Gasteiger partial charge in [-0.25, -0.2) is 0 Å². The fourth-order valence-electron chi connectivity index (χ4n) is 4.19. The van der Waals surface area contributed by atoms with Gasteiger partial charge < -0.3 is 15.1 Å². The van der Waals surface area contributed by atoms with Crippen LogP contribution in [0.1, 0.15) is 31.8 Å². The second-order valence-electron chi connectivity index (χ2n) is 8.18. The summed E-state index contributed by atoms with van der Waals surface area (Å²) in [6, 6.07) is 9.29. The quantitative estimate of drug-likeness (QED) is 0.661. The van der Waals surface area contributed by atoms with Crippen molar-refractivity contribution in [2.75, 3.05) is 29.9 Å². The second-order valence-corrected chi connectivity index (χ2v) is 8.62. The number of carbonyl (C=O) groups is 2. The maximum Gasteiger partial charge on any atom is 0.258 e. The lowest BCUT2D eigenvalue weighted by molar-refractivity contribution is 0.0624. The predicted molar refractivity (Wildman–Crippen MR) is 123 cm³/mol. The zero-order valence-corrected chi connectivity index (χ0v) is 18.3. The molecule has 0 saturated carbocycles. The largest absolute Gasteiger partial charge is 0.377 e. The number of nitrogens with one attached hydrogen (secondary N) is 1. The smallest absolute Gasteiger partial charge is 0.258 e. The van der Waals surface area contributed by atoms with Crippen LogP contribution in [0.25, 0.3) is 0 Å². The molecule has 32 heavy (non-hydrogen) atoms. The maximum absolute atomic E-state index is 13.0. The van der Waals surface area contributed by atoms with Crippen molar-refractivity contribution in [3.63, 3.8) is 0 Å². The number of carbonyl (C=O) groups excluding carboxylic acids is 2. The molecule has 5 rings (SSSR count). The molecule has 4 heterocycles. The van der Waals surface area contributed by atoms with E-state index in [1.807, 2.05) is 25.1 Å². The number of rotatable bonds is 4. The Labute approximate surface area is 191 Å². The van der Waals surface area contributed by atoms with Gasteiger partial charge in [0, 0.05) is 42.6 Å². The standard InChI is InChI=1S/C24H22ClN5O2/c1-15-4-6-26-12-22(15)23(31)29-13-19(14-29)28-18-9-20(11-27-10-18)30-7-5-16-8-17(25)2-3-21(16)24(30)32/h2-4,6,8-12,19,28H,5,7,13-14H2,1H3. The van der Waals surface area contributed by atoms with E-state index in [1.54, 1.807) is 46.7 Å². The Balaban J connectivity index is 1.24. The molecule has 0 atom stereocenters. The summed E-state index contributed by atoms with van der Waals surface area (Å²) in [5.74, 6) is -0.0488. The summed E-state index contributed by atoms with van der Waals surface area (Å²) in [6.07, 6.45) is 7.49. The Bertz CT molecular complexity index is 1210. The van der Waals surface area contributed by atoms with E-state index in [9.17, 15) is 9.59 Å². The van der Waals surface area contributed by atoms with Crippen molar-refractivity contribution < 1.29 is 9.59 Å². The highest BCUT2D eigenvalue weighted by atomic mass is 35.5. The Kier molecular flexibility index (Phi) is 5.27. The van der Waals surface area contributed by atoms with Gasteiger partial charge >= 0.3 is 0 Å². The van der Waals surface area contributed by atoms with E-state index in [4.69, 9.17) is 11.6 Å². The first-order valence-corrected chi connectivity index (χ1v) is 10.9. The number of pyridine rings is 2. The number of likely N-dealkylation sites (tertiary alicyclic amines) is 1. The van der Waals surface area contributed by atoms with Crippen molar-refractivity contribution >= 4 is 34.8 Å². The van der Waals surface area contributed by atoms with Crippen molar-refractivity contribution in [1.29, 1.82) is 0 Å². The molecule has 3 aromatic rings. The number of amides is 2. The highest BCUT2D eigenvalue weighted by molar-refractivity contribution is 6.30. The topological polar surface area (TPSA) is 78.4 Å². The van der Waals surface area contributed by atoms with Gasteiger partial charge in [0.15, 0.2) is 0 Å². The molecular weight excluding hydrogens is 426 g/mol. The number of hydrogen-bond acceptors (Lipinski definition) is 5. The summed E-state index contributed by atoms with van der Waals surface area (Å²) in [5, 5.41) is 4.07. The first kappa shape index (κ1) is 20.5. The lowest BCUT2D eigenvalue weighted by atomic mass is 9.98. The number of hydrogen-bond donors (Lipinski definition) is 1. The predicted octanol–water partition coefficient (Wildman–Crippen LogP) is 3.58. The van der Waals surface area contributed by atoms with Gasteiger partial charge in [0.2, 0.25) is 0 Å². The van der Waals surface area contributed by atoms with Gasteiger partial charge in [0.25, 0.3) is 11.8 Å². The summed E-state index contributed by atoms with van der Waals surface area (Å²) in [7, 11) is 0. The van der Waals surface area contributed by atoms with Gasteiger partial charge in [-0.15, -0.1) is 0 Å². The van der Waals surface area contributed by atoms with E-state index < -0.39 is 0 Å². The third kappa shape index (κ3) is 3.80. The molecule has 1 saturated heterocycles. The van der Waals surface area contributed by atoms with Gasteiger partial charge in [-0.2, -0.15) is 0 Å². The fourth-order valence-corrected chi connectivity index (χ4v) is 4.38. The molecule has 162 valence electrons. The highest BCUT2D eigenvalue weighted by Gasteiger charge is 2.32. The minimum atomic E-state index is -0.0471. The zero-order valence-electron chi connectivity index (χ0n) is 17.6. The molecular formula is C24H22ClN5O2. The SMILES string of the molecule is Cc1ccncc1C(=O)N1CC(Nc2cncc(N3CCc4cc(Cl)ccc4C3=O)c2)C1. The molecule has 2 aliphatic heterocycles.